The Morgan fingerprint density at radius 3 is 2.39 bits per heavy atom. The van der Waals surface area contributed by atoms with E-state index in [1.54, 1.807) is 6.20 Å². The van der Waals surface area contributed by atoms with Crippen LogP contribution in [-0.2, 0) is 30.3 Å². The molecule has 1 aliphatic carbocycles. The van der Waals surface area contributed by atoms with Crippen molar-refractivity contribution in [3.05, 3.63) is 18.2 Å². The Bertz CT molecular complexity index is 1180. The van der Waals surface area contributed by atoms with Crippen LogP contribution in [0.4, 0.5) is 4.39 Å². The minimum absolute atomic E-state index is 0.00635. The minimum atomic E-state index is -2.14. The summed E-state index contributed by atoms with van der Waals surface area (Å²) in [4.78, 5) is 19.6. The van der Waals surface area contributed by atoms with Gasteiger partial charge in [-0.25, -0.2) is 9.37 Å². The number of carbonyl (C=O) groups excluding carboxylic acids is 1. The van der Waals surface area contributed by atoms with Crippen molar-refractivity contribution < 1.29 is 53.7 Å². The molecule has 1 aromatic heterocycles. The van der Waals surface area contributed by atoms with E-state index in [9.17, 15) is 30.3 Å². The summed E-state index contributed by atoms with van der Waals surface area (Å²) in [5.74, 6) is -1.11. The number of rotatable bonds is 13. The molecule has 21 heteroatoms. The number of aliphatic hydroxyl groups is 5. The zero-order chi connectivity index (χ0) is 35.8. The average molecular weight is 707 g/mol. The van der Waals surface area contributed by atoms with Crippen molar-refractivity contribution >= 4 is 11.9 Å². The van der Waals surface area contributed by atoms with Crippen LogP contribution in [0.2, 0.25) is 0 Å². The molecule has 18 N–H and O–H groups in total. The van der Waals surface area contributed by atoms with Crippen molar-refractivity contribution in [2.45, 2.75) is 124 Å². The Hall–Kier alpha value is -2.64. The summed E-state index contributed by atoms with van der Waals surface area (Å²) < 4.78 is 40.1. The number of hydrogen-bond acceptors (Lipinski definition) is 16. The lowest BCUT2D eigenvalue weighted by Gasteiger charge is -2.46. The maximum atomic E-state index is 16.7. The first kappa shape index (κ1) is 39.2. The number of amides is 1. The van der Waals surface area contributed by atoms with Crippen LogP contribution in [-0.4, -0.2) is 159 Å². The van der Waals surface area contributed by atoms with Gasteiger partial charge in [0.15, 0.2) is 24.7 Å². The number of alkyl halides is 1. The van der Waals surface area contributed by atoms with E-state index in [4.69, 9.17) is 47.3 Å². The summed E-state index contributed by atoms with van der Waals surface area (Å²) in [7, 11) is 0. The molecule has 20 nitrogen and oxygen atoms in total. The highest BCUT2D eigenvalue weighted by Crippen LogP contribution is 2.33. The molecule has 0 bridgehead atoms. The number of nitrogens with two attached hydrogens (primary N) is 4. The number of nitrogens with zero attached hydrogens (tertiary/aromatic N) is 1. The maximum Gasteiger partial charge on any atom is 0.249 e. The van der Waals surface area contributed by atoms with E-state index < -0.39 is 104 Å². The molecule has 3 aliphatic rings. The van der Waals surface area contributed by atoms with Gasteiger partial charge in [0.25, 0.3) is 0 Å². The number of ether oxygens (including phenoxy) is 4. The fraction of sp³-hybridized carbons (Fsp3) is 0.821. The summed E-state index contributed by atoms with van der Waals surface area (Å²) in [5.41, 5.74) is 24.3. The number of nitrogens with one attached hydrogen (secondary N) is 5. The first-order valence-corrected chi connectivity index (χ1v) is 16.2. The van der Waals surface area contributed by atoms with Gasteiger partial charge >= 0.3 is 0 Å². The second-order valence-electron chi connectivity index (χ2n) is 12.6. The lowest BCUT2D eigenvalue weighted by molar-refractivity contribution is -0.287. The molecule has 3 fully saturated rings. The number of guanidine groups is 1. The molecular formula is C28H51FN10O10. The Kier molecular flexibility index (Phi) is 14.4. The predicted octanol–water partition coefficient (Wildman–Crippen LogP) is -5.98. The van der Waals surface area contributed by atoms with Gasteiger partial charge in [-0.1, -0.05) is 0 Å². The summed E-state index contributed by atoms with van der Waals surface area (Å²) >= 11 is 0. The quantitative estimate of drug-likeness (QED) is 0.0670. The van der Waals surface area contributed by atoms with E-state index in [1.807, 2.05) is 0 Å². The molecule has 49 heavy (non-hydrogen) atoms. The molecule has 0 radical (unpaired) electrons. The Morgan fingerprint density at radius 2 is 1.73 bits per heavy atom. The fourth-order valence-electron chi connectivity index (χ4n) is 6.13. The van der Waals surface area contributed by atoms with E-state index in [-0.39, 0.29) is 51.3 Å². The maximum absolute atomic E-state index is 16.7. The van der Waals surface area contributed by atoms with Crippen molar-refractivity contribution in [1.82, 2.24) is 25.9 Å². The second kappa shape index (κ2) is 18.0. The molecule has 280 valence electrons. The molecule has 4 rings (SSSR count). The Balaban J connectivity index is 1.56. The Morgan fingerprint density at radius 1 is 1.04 bits per heavy atom. The van der Waals surface area contributed by atoms with E-state index in [1.165, 1.54) is 6.33 Å². The molecule has 1 saturated carbocycles. The van der Waals surface area contributed by atoms with Crippen LogP contribution >= 0.6 is 0 Å². The van der Waals surface area contributed by atoms with Gasteiger partial charge < -0.3 is 88.3 Å². The van der Waals surface area contributed by atoms with Crippen LogP contribution in [0.15, 0.2) is 12.5 Å². The van der Waals surface area contributed by atoms with Gasteiger partial charge in [-0.15, -0.1) is 0 Å². The van der Waals surface area contributed by atoms with E-state index in [2.05, 4.69) is 25.9 Å². The number of aliphatic hydroxyl groups excluding tert-OH is 5. The smallest absolute Gasteiger partial charge is 0.249 e. The highest BCUT2D eigenvalue weighted by molar-refractivity contribution is 5.80. The third-order valence-corrected chi connectivity index (χ3v) is 8.90. The van der Waals surface area contributed by atoms with Gasteiger partial charge in [-0.2, -0.15) is 0 Å². The summed E-state index contributed by atoms with van der Waals surface area (Å²) in [6, 6.07) is -4.26. The molecule has 3 heterocycles. The molecule has 1 amide bonds. The lowest BCUT2D eigenvalue weighted by Crippen LogP contribution is -2.66. The van der Waals surface area contributed by atoms with Crippen molar-refractivity contribution in [3.63, 3.8) is 0 Å². The number of imidazole rings is 1. The van der Waals surface area contributed by atoms with Crippen LogP contribution in [0.25, 0.3) is 0 Å². The first-order valence-electron chi connectivity index (χ1n) is 16.2. The number of carbonyl (C=O) groups is 1. The average Bonchev–Trinajstić information content (AvgIpc) is 3.56. The summed E-state index contributed by atoms with van der Waals surface area (Å²) in [6.45, 7) is -0.591. The molecule has 1 aromatic rings. The number of aromatic amines is 1. The molecule has 2 saturated heterocycles. The second-order valence-corrected chi connectivity index (χ2v) is 12.6. The van der Waals surface area contributed by atoms with Crippen molar-refractivity contribution in [1.29, 1.82) is 5.41 Å². The molecular weight excluding hydrogens is 655 g/mol. The van der Waals surface area contributed by atoms with Crippen LogP contribution in [0.1, 0.15) is 31.4 Å². The zero-order valence-electron chi connectivity index (χ0n) is 26.9. The van der Waals surface area contributed by atoms with Gasteiger partial charge in [0.1, 0.15) is 30.5 Å². The molecule has 0 spiro atoms. The third kappa shape index (κ3) is 10.00. The number of aromatic nitrogens is 2. The van der Waals surface area contributed by atoms with Gasteiger partial charge in [-0.05, 0) is 32.2 Å². The molecule has 0 aromatic carbocycles. The Labute approximate surface area is 281 Å². The zero-order valence-corrected chi connectivity index (χ0v) is 26.9. The van der Waals surface area contributed by atoms with Crippen molar-refractivity contribution in [2.75, 3.05) is 19.7 Å². The van der Waals surface area contributed by atoms with Gasteiger partial charge in [0, 0.05) is 18.8 Å². The fourth-order valence-corrected chi connectivity index (χ4v) is 6.13. The number of halogens is 1. The normalized spacial score (nSPS) is 39.1. The van der Waals surface area contributed by atoms with E-state index >= 15 is 4.39 Å². The summed E-state index contributed by atoms with van der Waals surface area (Å²) in [5, 5.41) is 69.1. The number of hydrogen-bond donors (Lipinski definition) is 14. The molecule has 15 atom stereocenters. The lowest BCUT2D eigenvalue weighted by atomic mass is 9.84. The van der Waals surface area contributed by atoms with Gasteiger partial charge in [-0.3, -0.25) is 10.2 Å². The summed E-state index contributed by atoms with van der Waals surface area (Å²) in [6.07, 6.45) is -13.2. The van der Waals surface area contributed by atoms with E-state index in [0.717, 1.165) is 0 Å². The topological polar surface area (TPSA) is 348 Å². The van der Waals surface area contributed by atoms with Crippen LogP contribution in [0.5, 0.6) is 0 Å². The largest absolute Gasteiger partial charge is 0.394 e. The first-order chi connectivity index (χ1) is 23.4. The van der Waals surface area contributed by atoms with Gasteiger partial charge in [0.05, 0.1) is 61.6 Å². The van der Waals surface area contributed by atoms with Crippen LogP contribution in [0.3, 0.4) is 0 Å². The van der Waals surface area contributed by atoms with E-state index in [0.29, 0.717) is 5.69 Å². The monoisotopic (exact) mass is 706 g/mol. The SMILES string of the molecule is N=C(NCc1cnc[nH]1)NC1CC(O)[C@@H](CO)OC(OC2[C@@H](F)[C@H](O[C@H]3OC(CN)[C@@H](O)CC3N)C(N)C[C@H]2NC(=O)[C@@H](O)CCN)[C@@H]1O. The van der Waals surface area contributed by atoms with Crippen molar-refractivity contribution in [3.8, 4) is 0 Å². The van der Waals surface area contributed by atoms with Crippen LogP contribution in [0, 0.1) is 5.41 Å². The number of H-pyrrole nitrogens is 1. The standard InChI is InChI=1S/C28H51FN10O10/c29-21-23(48-26-13(33)4-17(42)19(6-31)46-26)12(32)3-15(38-25(45)16(41)1-2-30)24(21)49-27-22(44)14(5-18(43)20(9-40)47-27)39-28(34)36-8-11-7-35-10-37-11/h7,10,12-24,26-27,40-44H,1-6,8-9,30-33H2,(H,35,37)(H,38,45)(H3,34,36,39)/t12?,13?,14?,15-,16+,17+,18?,19?,20-,21+,22-,23-,24?,26-,27?/m1/s1. The van der Waals surface area contributed by atoms with Gasteiger partial charge in [0.2, 0.25) is 5.91 Å². The molecule has 7 unspecified atom stereocenters. The highest BCUT2D eigenvalue weighted by atomic mass is 19.1. The van der Waals surface area contributed by atoms with Crippen LogP contribution < -0.4 is 38.9 Å². The predicted molar refractivity (Wildman–Crippen MR) is 168 cm³/mol. The van der Waals surface area contributed by atoms with Crippen molar-refractivity contribution in [2.24, 2.45) is 22.9 Å². The molecule has 2 aliphatic heterocycles. The third-order valence-electron chi connectivity index (χ3n) is 8.90. The minimum Gasteiger partial charge on any atom is -0.394 e. The highest BCUT2D eigenvalue weighted by Gasteiger charge is 2.51.